The number of nitrogens with one attached hydrogen (secondary N) is 1. The molecule has 0 radical (unpaired) electrons. The maximum absolute atomic E-state index is 13.4. The van der Waals surface area contributed by atoms with Gasteiger partial charge in [-0.2, -0.15) is 0 Å². The second-order valence-electron chi connectivity index (χ2n) is 9.11. The van der Waals surface area contributed by atoms with Crippen LogP contribution in [0.3, 0.4) is 0 Å². The molecule has 0 bridgehead atoms. The highest BCUT2D eigenvalue weighted by Crippen LogP contribution is 2.45. The van der Waals surface area contributed by atoms with Crippen molar-refractivity contribution in [1.29, 1.82) is 0 Å². The summed E-state index contributed by atoms with van der Waals surface area (Å²) in [6.07, 6.45) is 12.5. The van der Waals surface area contributed by atoms with Gasteiger partial charge in [-0.25, -0.2) is 0 Å². The lowest BCUT2D eigenvalue weighted by Crippen LogP contribution is -2.38. The Balaban J connectivity index is 1.79. The molecular weight excluding hydrogens is 445 g/mol. The molecule has 1 saturated heterocycles. The van der Waals surface area contributed by atoms with E-state index in [0.29, 0.717) is 22.2 Å². The molecule has 176 valence electrons. The van der Waals surface area contributed by atoms with Gasteiger partial charge < -0.3 is 10.1 Å². The predicted molar refractivity (Wildman–Crippen MR) is 131 cm³/mol. The molecule has 4 atom stereocenters. The summed E-state index contributed by atoms with van der Waals surface area (Å²) in [5.41, 5.74) is 1.75. The number of hydrogen-bond acceptors (Lipinski definition) is 3. The number of benzene rings is 1. The largest absolute Gasteiger partial charge is 0.461 e. The smallest absolute Gasteiger partial charge is 0.310 e. The second kappa shape index (κ2) is 12.1. The van der Waals surface area contributed by atoms with Crippen molar-refractivity contribution in [3.05, 3.63) is 39.9 Å². The topological polar surface area (TPSA) is 55.4 Å². The third-order valence-electron chi connectivity index (χ3n) is 6.72. The summed E-state index contributed by atoms with van der Waals surface area (Å²) in [7, 11) is 0. The van der Waals surface area contributed by atoms with E-state index in [0.717, 1.165) is 38.5 Å². The van der Waals surface area contributed by atoms with Gasteiger partial charge in [0.05, 0.1) is 27.6 Å². The minimum absolute atomic E-state index is 0.0279. The molecule has 32 heavy (non-hydrogen) atoms. The Morgan fingerprint density at radius 2 is 1.84 bits per heavy atom. The fourth-order valence-corrected chi connectivity index (χ4v) is 5.33. The fourth-order valence-electron chi connectivity index (χ4n) is 4.98. The zero-order valence-corrected chi connectivity index (χ0v) is 20.7. The van der Waals surface area contributed by atoms with E-state index < -0.39 is 11.8 Å². The molecule has 6 heteroatoms. The summed E-state index contributed by atoms with van der Waals surface area (Å²) in [4.78, 5) is 26.2. The molecule has 1 fully saturated rings. The summed E-state index contributed by atoms with van der Waals surface area (Å²) in [5.74, 6) is -1.34. The molecule has 0 aromatic heterocycles. The number of hydrogen-bond donors (Lipinski definition) is 1. The van der Waals surface area contributed by atoms with Crippen molar-refractivity contribution >= 4 is 40.8 Å². The molecule has 0 spiro atoms. The molecule has 1 N–H and O–H groups in total. The van der Waals surface area contributed by atoms with Crippen LogP contribution in [-0.2, 0) is 14.3 Å². The van der Waals surface area contributed by atoms with Crippen LogP contribution in [0.2, 0.25) is 10.0 Å². The van der Waals surface area contributed by atoms with Gasteiger partial charge in [0.25, 0.3) is 0 Å². The monoisotopic (exact) mass is 479 g/mol. The second-order valence-corrected chi connectivity index (χ2v) is 9.90. The first-order chi connectivity index (χ1) is 15.5. The van der Waals surface area contributed by atoms with E-state index >= 15 is 0 Å². The molecule has 1 aromatic carbocycles. The minimum atomic E-state index is -0.454. The first kappa shape index (κ1) is 25.1. The van der Waals surface area contributed by atoms with Crippen LogP contribution in [0.4, 0.5) is 5.69 Å². The molecule has 1 aromatic rings. The van der Waals surface area contributed by atoms with E-state index in [-0.39, 0.29) is 23.9 Å². The Hall–Kier alpha value is -1.52. The van der Waals surface area contributed by atoms with E-state index in [1.807, 2.05) is 0 Å². The van der Waals surface area contributed by atoms with Gasteiger partial charge in [0.15, 0.2) is 0 Å². The number of unbranched alkanes of at least 4 members (excludes halogenated alkanes) is 5. The number of esters is 1. The van der Waals surface area contributed by atoms with E-state index in [1.165, 1.54) is 24.8 Å². The summed E-state index contributed by atoms with van der Waals surface area (Å²) in [6.45, 7) is 4.37. The Morgan fingerprint density at radius 1 is 1.09 bits per heavy atom. The molecule has 1 heterocycles. The highest BCUT2D eigenvalue weighted by molar-refractivity contribution is 6.44. The average molecular weight is 480 g/mol. The van der Waals surface area contributed by atoms with Gasteiger partial charge >= 0.3 is 5.97 Å². The zero-order chi connectivity index (χ0) is 23.1. The maximum atomic E-state index is 13.4. The van der Waals surface area contributed by atoms with Crippen LogP contribution in [0.1, 0.15) is 78.1 Å². The van der Waals surface area contributed by atoms with Crippen LogP contribution >= 0.6 is 23.2 Å². The quantitative estimate of drug-likeness (QED) is 0.202. The number of anilines is 1. The van der Waals surface area contributed by atoms with E-state index in [1.54, 1.807) is 18.2 Å². The number of carbonyl (C=O) groups is 2. The van der Waals surface area contributed by atoms with Crippen molar-refractivity contribution in [2.75, 3.05) is 5.32 Å². The lowest BCUT2D eigenvalue weighted by molar-refractivity contribution is -0.147. The van der Waals surface area contributed by atoms with Crippen LogP contribution in [0.25, 0.3) is 0 Å². The third kappa shape index (κ3) is 6.08. The van der Waals surface area contributed by atoms with Gasteiger partial charge in [0.2, 0.25) is 5.91 Å². The molecule has 3 rings (SSSR count). The average Bonchev–Trinajstić information content (AvgIpc) is 3.09. The van der Waals surface area contributed by atoms with Crippen molar-refractivity contribution in [2.45, 2.75) is 84.2 Å². The first-order valence-corrected chi connectivity index (χ1v) is 12.9. The molecule has 0 saturated carbocycles. The minimum Gasteiger partial charge on any atom is -0.461 e. The number of fused-ring (bicyclic) bond motifs is 1. The van der Waals surface area contributed by atoms with Gasteiger partial charge in [-0.05, 0) is 44.2 Å². The Labute approximate surface area is 202 Å². The number of carbonyl (C=O) groups excluding carboxylic acids is 2. The van der Waals surface area contributed by atoms with Crippen molar-refractivity contribution in [3.8, 4) is 0 Å². The molecule has 1 aliphatic carbocycles. The number of ether oxygens (including phenoxy) is 1. The summed E-state index contributed by atoms with van der Waals surface area (Å²) < 4.78 is 5.81. The van der Waals surface area contributed by atoms with Crippen LogP contribution in [0, 0.1) is 17.8 Å². The number of halogens is 2. The highest BCUT2D eigenvalue weighted by atomic mass is 35.5. The number of rotatable bonds is 11. The Morgan fingerprint density at radius 3 is 2.59 bits per heavy atom. The molecular formula is C26H35Cl2NO3. The van der Waals surface area contributed by atoms with Crippen LogP contribution in [0.5, 0.6) is 0 Å². The normalized spacial score (nSPS) is 24.6. The fraction of sp³-hybridized carbons (Fsp3) is 0.615. The predicted octanol–water partition coefficient (Wildman–Crippen LogP) is 7.59. The molecule has 1 aliphatic heterocycles. The van der Waals surface area contributed by atoms with E-state index in [4.69, 9.17) is 27.9 Å². The Kier molecular flexibility index (Phi) is 9.48. The zero-order valence-electron chi connectivity index (χ0n) is 19.2. The standard InChI is InChI=1S/C26H35Cl2NO3/c1-3-5-7-9-11-17-15-18-22(14-8-6-4-2)32-26(31)23(18)19(16-17)25(30)29-21-13-10-12-20(27)24(21)28/h10,12-13,15,18-19,22-23H,3-9,11,14,16H2,1-2H3,(H,29,30)/t18-,19-,22+,23+/m1/s1. The Bertz CT molecular complexity index is 838. The van der Waals surface area contributed by atoms with Crippen LogP contribution in [-0.4, -0.2) is 18.0 Å². The van der Waals surface area contributed by atoms with Gasteiger partial charge in [-0.1, -0.05) is 86.9 Å². The van der Waals surface area contributed by atoms with E-state index in [2.05, 4.69) is 25.2 Å². The number of cyclic esters (lactones) is 1. The lowest BCUT2D eigenvalue weighted by Gasteiger charge is -2.31. The van der Waals surface area contributed by atoms with Crippen molar-refractivity contribution in [1.82, 2.24) is 0 Å². The lowest BCUT2D eigenvalue weighted by atomic mass is 9.70. The molecule has 2 aliphatic rings. The number of amides is 1. The molecule has 0 unspecified atom stereocenters. The van der Waals surface area contributed by atoms with Crippen molar-refractivity contribution in [3.63, 3.8) is 0 Å². The summed E-state index contributed by atoms with van der Waals surface area (Å²) >= 11 is 12.4. The highest BCUT2D eigenvalue weighted by Gasteiger charge is 2.51. The maximum Gasteiger partial charge on any atom is 0.310 e. The molecule has 4 nitrogen and oxygen atoms in total. The van der Waals surface area contributed by atoms with Gasteiger partial charge in [0.1, 0.15) is 6.10 Å². The van der Waals surface area contributed by atoms with Crippen LogP contribution in [0.15, 0.2) is 29.8 Å². The molecule has 1 amide bonds. The van der Waals surface area contributed by atoms with Gasteiger partial charge in [0, 0.05) is 5.92 Å². The van der Waals surface area contributed by atoms with Gasteiger partial charge in [-0.15, -0.1) is 0 Å². The first-order valence-electron chi connectivity index (χ1n) is 12.1. The number of allylic oxidation sites excluding steroid dienone is 1. The van der Waals surface area contributed by atoms with Crippen molar-refractivity contribution in [2.24, 2.45) is 17.8 Å². The van der Waals surface area contributed by atoms with Crippen molar-refractivity contribution < 1.29 is 14.3 Å². The summed E-state index contributed by atoms with van der Waals surface area (Å²) in [6, 6.07) is 5.16. The van der Waals surface area contributed by atoms with E-state index in [9.17, 15) is 9.59 Å². The third-order valence-corrected chi connectivity index (χ3v) is 7.54. The summed E-state index contributed by atoms with van der Waals surface area (Å²) in [5, 5.41) is 3.63. The SMILES string of the molecule is CCCCCCC1=C[C@H]2[C@H](C(=O)O[C@H]2CCCCC)[C@H](C(=O)Nc2cccc(Cl)c2Cl)C1. The van der Waals surface area contributed by atoms with Gasteiger partial charge in [-0.3, -0.25) is 9.59 Å². The van der Waals surface area contributed by atoms with Crippen LogP contribution < -0.4 is 5.32 Å².